The van der Waals surface area contributed by atoms with Gasteiger partial charge in [0.05, 0.1) is 12.0 Å². The molecule has 6 heteroatoms. The molecule has 0 bridgehead atoms. The summed E-state index contributed by atoms with van der Waals surface area (Å²) in [6, 6.07) is 9.27. The summed E-state index contributed by atoms with van der Waals surface area (Å²) < 4.78 is 0. The number of benzene rings is 1. The molecule has 2 amide bonds. The van der Waals surface area contributed by atoms with E-state index in [4.69, 9.17) is 11.5 Å². The third-order valence-electron chi connectivity index (χ3n) is 2.74. The van der Waals surface area contributed by atoms with Gasteiger partial charge in [-0.05, 0) is 23.8 Å². The summed E-state index contributed by atoms with van der Waals surface area (Å²) in [4.78, 5) is 22.8. The lowest BCUT2D eigenvalue weighted by Gasteiger charge is -2.05. The van der Waals surface area contributed by atoms with Crippen molar-refractivity contribution in [1.29, 1.82) is 0 Å². The minimum absolute atomic E-state index is 0.243. The van der Waals surface area contributed by atoms with Crippen LogP contribution in [0.4, 0.5) is 5.69 Å². The molecule has 0 spiro atoms. The number of hydrogen-bond donors (Lipinski definition) is 3. The van der Waals surface area contributed by atoms with E-state index in [0.717, 1.165) is 16.1 Å². The van der Waals surface area contributed by atoms with Crippen molar-refractivity contribution in [3.05, 3.63) is 51.7 Å². The summed E-state index contributed by atoms with van der Waals surface area (Å²) in [5.41, 5.74) is 12.7. The number of thiophene rings is 1. The standard InChI is InChI=1S/C14H15N3O2S/c15-13(18)5-9-1-3-11(4-2-9)17-7-12-6-10(8-20-12)14(16)19/h1-4,6,8,17H,5,7H2,(H2,15,18)(H2,16,19). The summed E-state index contributed by atoms with van der Waals surface area (Å²) in [6.45, 7) is 0.618. The molecule has 0 radical (unpaired) electrons. The maximum absolute atomic E-state index is 11.0. The molecule has 0 aliphatic carbocycles. The molecule has 0 unspecified atom stereocenters. The molecule has 2 rings (SSSR count). The molecule has 0 aliphatic heterocycles. The number of amides is 2. The van der Waals surface area contributed by atoms with Gasteiger partial charge in [-0.2, -0.15) is 0 Å². The van der Waals surface area contributed by atoms with E-state index in [0.29, 0.717) is 12.1 Å². The third kappa shape index (κ3) is 3.83. The van der Waals surface area contributed by atoms with Gasteiger partial charge in [-0.15, -0.1) is 11.3 Å². The normalized spacial score (nSPS) is 10.2. The smallest absolute Gasteiger partial charge is 0.249 e. The molecule has 5 nitrogen and oxygen atoms in total. The Labute approximate surface area is 120 Å². The van der Waals surface area contributed by atoms with Crippen LogP contribution in [0.1, 0.15) is 20.8 Å². The van der Waals surface area contributed by atoms with Crippen molar-refractivity contribution < 1.29 is 9.59 Å². The van der Waals surface area contributed by atoms with Gasteiger partial charge in [-0.3, -0.25) is 9.59 Å². The predicted octanol–water partition coefficient (Wildman–Crippen LogP) is 1.49. The van der Waals surface area contributed by atoms with Gasteiger partial charge in [0.1, 0.15) is 0 Å². The number of carbonyl (C=O) groups is 2. The van der Waals surface area contributed by atoms with E-state index in [9.17, 15) is 9.59 Å². The fourth-order valence-corrected chi connectivity index (χ4v) is 2.55. The molecule has 5 N–H and O–H groups in total. The molecule has 0 saturated heterocycles. The molecule has 1 aromatic carbocycles. The van der Waals surface area contributed by atoms with Crippen molar-refractivity contribution in [1.82, 2.24) is 0 Å². The van der Waals surface area contributed by atoms with Crippen molar-refractivity contribution in [2.75, 3.05) is 5.32 Å². The molecule has 0 saturated carbocycles. The van der Waals surface area contributed by atoms with E-state index >= 15 is 0 Å². The number of rotatable bonds is 6. The van der Waals surface area contributed by atoms with Crippen LogP contribution in [-0.2, 0) is 17.8 Å². The summed E-state index contributed by atoms with van der Waals surface area (Å²) in [7, 11) is 0. The first-order valence-electron chi connectivity index (χ1n) is 6.03. The fraction of sp³-hybridized carbons (Fsp3) is 0.143. The molecular formula is C14H15N3O2S. The number of nitrogens with two attached hydrogens (primary N) is 2. The molecule has 1 heterocycles. The Bertz CT molecular complexity index is 620. The van der Waals surface area contributed by atoms with E-state index in [1.807, 2.05) is 24.3 Å². The molecule has 104 valence electrons. The first-order valence-corrected chi connectivity index (χ1v) is 6.91. The quantitative estimate of drug-likeness (QED) is 0.751. The molecular weight excluding hydrogens is 274 g/mol. The van der Waals surface area contributed by atoms with Crippen LogP contribution in [0.2, 0.25) is 0 Å². The van der Waals surface area contributed by atoms with E-state index in [1.54, 1.807) is 11.4 Å². The zero-order valence-corrected chi connectivity index (χ0v) is 11.6. The molecule has 20 heavy (non-hydrogen) atoms. The maximum atomic E-state index is 11.0. The largest absolute Gasteiger partial charge is 0.380 e. The predicted molar refractivity (Wildman–Crippen MR) is 79.5 cm³/mol. The van der Waals surface area contributed by atoms with Crippen LogP contribution < -0.4 is 16.8 Å². The molecule has 0 fully saturated rings. The zero-order valence-electron chi connectivity index (χ0n) is 10.8. The summed E-state index contributed by atoms with van der Waals surface area (Å²) in [5.74, 6) is -0.758. The van der Waals surface area contributed by atoms with Gasteiger partial charge in [-0.25, -0.2) is 0 Å². The second kappa shape index (κ2) is 6.21. The van der Waals surface area contributed by atoms with Crippen molar-refractivity contribution in [3.8, 4) is 0 Å². The van der Waals surface area contributed by atoms with E-state index in [2.05, 4.69) is 5.32 Å². The van der Waals surface area contributed by atoms with Crippen molar-refractivity contribution in [2.45, 2.75) is 13.0 Å². The highest BCUT2D eigenvalue weighted by molar-refractivity contribution is 7.10. The van der Waals surface area contributed by atoms with Gasteiger partial charge >= 0.3 is 0 Å². The molecule has 0 aliphatic rings. The first-order chi connectivity index (χ1) is 9.54. The number of primary amides is 2. The van der Waals surface area contributed by atoms with Gasteiger partial charge in [0.25, 0.3) is 0 Å². The fourth-order valence-electron chi connectivity index (χ4n) is 1.73. The maximum Gasteiger partial charge on any atom is 0.249 e. The van der Waals surface area contributed by atoms with Crippen LogP contribution in [0.5, 0.6) is 0 Å². The average molecular weight is 289 g/mol. The second-order valence-corrected chi connectivity index (χ2v) is 5.36. The Balaban J connectivity index is 1.93. The summed E-state index contributed by atoms with van der Waals surface area (Å²) >= 11 is 1.48. The Hall–Kier alpha value is -2.34. The van der Waals surface area contributed by atoms with E-state index in [1.165, 1.54) is 11.3 Å². The minimum Gasteiger partial charge on any atom is -0.380 e. The number of anilines is 1. The highest BCUT2D eigenvalue weighted by Crippen LogP contribution is 2.17. The first kappa shape index (κ1) is 14.1. The van der Waals surface area contributed by atoms with Crippen molar-refractivity contribution in [3.63, 3.8) is 0 Å². The Morgan fingerprint density at radius 1 is 1.15 bits per heavy atom. The number of carbonyl (C=O) groups excluding carboxylic acids is 2. The average Bonchev–Trinajstić information content (AvgIpc) is 2.86. The lowest BCUT2D eigenvalue weighted by molar-refractivity contribution is -0.117. The molecule has 0 atom stereocenters. The topological polar surface area (TPSA) is 98.2 Å². The van der Waals surface area contributed by atoms with Crippen LogP contribution in [-0.4, -0.2) is 11.8 Å². The van der Waals surface area contributed by atoms with Crippen LogP contribution in [0.15, 0.2) is 35.7 Å². The zero-order chi connectivity index (χ0) is 14.5. The summed E-state index contributed by atoms with van der Waals surface area (Å²) in [6.07, 6.45) is 0.243. The van der Waals surface area contributed by atoms with Gasteiger partial charge in [0.2, 0.25) is 11.8 Å². The minimum atomic E-state index is -0.414. The van der Waals surface area contributed by atoms with Crippen LogP contribution >= 0.6 is 11.3 Å². The SMILES string of the molecule is NC(=O)Cc1ccc(NCc2cc(C(N)=O)cs2)cc1. The van der Waals surface area contributed by atoms with Crippen molar-refractivity contribution in [2.24, 2.45) is 11.5 Å². The summed E-state index contributed by atoms with van der Waals surface area (Å²) in [5, 5.41) is 4.98. The van der Waals surface area contributed by atoms with Gasteiger partial charge in [0.15, 0.2) is 0 Å². The van der Waals surface area contributed by atoms with Crippen molar-refractivity contribution >= 4 is 28.8 Å². The monoisotopic (exact) mass is 289 g/mol. The Morgan fingerprint density at radius 2 is 1.85 bits per heavy atom. The Morgan fingerprint density at radius 3 is 2.40 bits per heavy atom. The molecule has 2 aromatic rings. The highest BCUT2D eigenvalue weighted by Gasteiger charge is 2.04. The lowest BCUT2D eigenvalue weighted by atomic mass is 10.1. The second-order valence-electron chi connectivity index (χ2n) is 4.36. The van der Waals surface area contributed by atoms with Gasteiger partial charge in [-0.1, -0.05) is 12.1 Å². The lowest BCUT2D eigenvalue weighted by Crippen LogP contribution is -2.13. The van der Waals surface area contributed by atoms with Crippen LogP contribution in [0.25, 0.3) is 0 Å². The molecule has 1 aromatic heterocycles. The van der Waals surface area contributed by atoms with Crippen LogP contribution in [0, 0.1) is 0 Å². The number of nitrogens with one attached hydrogen (secondary N) is 1. The number of hydrogen-bond acceptors (Lipinski definition) is 4. The van der Waals surface area contributed by atoms with Gasteiger partial charge in [0, 0.05) is 22.5 Å². The van der Waals surface area contributed by atoms with E-state index < -0.39 is 5.91 Å². The highest BCUT2D eigenvalue weighted by atomic mass is 32.1. The third-order valence-corrected chi connectivity index (χ3v) is 3.67. The van der Waals surface area contributed by atoms with E-state index in [-0.39, 0.29) is 12.3 Å². The van der Waals surface area contributed by atoms with Gasteiger partial charge < -0.3 is 16.8 Å². The Kier molecular flexibility index (Phi) is 4.37. The van der Waals surface area contributed by atoms with Crippen LogP contribution in [0.3, 0.4) is 0 Å².